The van der Waals surface area contributed by atoms with E-state index >= 15 is 0 Å². The van der Waals surface area contributed by atoms with E-state index in [0.29, 0.717) is 5.33 Å². The Morgan fingerprint density at radius 2 is 1.95 bits per heavy atom. The van der Waals surface area contributed by atoms with Crippen molar-refractivity contribution in [2.75, 3.05) is 32.6 Å². The summed E-state index contributed by atoms with van der Waals surface area (Å²) < 4.78 is 13.3. The number of benzene rings is 1. The molecule has 2 nitrogen and oxygen atoms in total. The summed E-state index contributed by atoms with van der Waals surface area (Å²) in [6, 6.07) is 5.04. The maximum Gasteiger partial charge on any atom is 0.123 e. The van der Waals surface area contributed by atoms with Gasteiger partial charge < -0.3 is 9.80 Å². The van der Waals surface area contributed by atoms with E-state index in [0.717, 1.165) is 17.8 Å². The number of anilines is 1. The summed E-state index contributed by atoms with van der Waals surface area (Å²) in [6.07, 6.45) is 3.80. The van der Waals surface area contributed by atoms with E-state index in [1.807, 2.05) is 6.07 Å². The Kier molecular flexibility index (Phi) is 4.51. The van der Waals surface area contributed by atoms with E-state index in [1.54, 1.807) is 12.1 Å². The van der Waals surface area contributed by atoms with Gasteiger partial charge in [0, 0.05) is 30.1 Å². The third kappa shape index (κ3) is 2.95. The molecule has 0 N–H and O–H groups in total. The summed E-state index contributed by atoms with van der Waals surface area (Å²) in [5.74, 6) is -0.169. The van der Waals surface area contributed by atoms with Crippen molar-refractivity contribution in [2.45, 2.75) is 30.1 Å². The molecule has 1 saturated carbocycles. The summed E-state index contributed by atoms with van der Waals surface area (Å²) in [6.45, 7) is 0.992. The lowest BCUT2D eigenvalue weighted by Crippen LogP contribution is -2.56. The van der Waals surface area contributed by atoms with Crippen LogP contribution in [0, 0.1) is 5.82 Å². The van der Waals surface area contributed by atoms with Gasteiger partial charge in [0.25, 0.3) is 0 Å². The molecule has 4 heteroatoms. The number of halogens is 2. The fourth-order valence-corrected chi connectivity index (χ4v) is 3.34. The molecule has 1 aliphatic rings. The van der Waals surface area contributed by atoms with Crippen LogP contribution in [0.5, 0.6) is 0 Å². The van der Waals surface area contributed by atoms with E-state index in [9.17, 15) is 4.39 Å². The van der Waals surface area contributed by atoms with Crippen LogP contribution in [0.3, 0.4) is 0 Å². The average Bonchev–Trinajstić information content (AvgIpc) is 2.32. The predicted octanol–water partition coefficient (Wildman–Crippen LogP) is 3.64. The van der Waals surface area contributed by atoms with Crippen molar-refractivity contribution in [1.82, 2.24) is 4.90 Å². The van der Waals surface area contributed by atoms with Gasteiger partial charge in [-0.3, -0.25) is 0 Å². The van der Waals surface area contributed by atoms with Gasteiger partial charge in [-0.15, -0.1) is 0 Å². The molecule has 1 aromatic rings. The van der Waals surface area contributed by atoms with Gasteiger partial charge >= 0.3 is 0 Å². The fraction of sp³-hybridized carbons (Fsp3) is 0.600. The minimum atomic E-state index is -0.169. The molecule has 0 bridgehead atoms. The Labute approximate surface area is 123 Å². The second-order valence-corrected chi connectivity index (χ2v) is 6.30. The normalized spacial score (nSPS) is 17.4. The van der Waals surface area contributed by atoms with Crippen LogP contribution in [0.1, 0.15) is 24.8 Å². The molecule has 0 unspecified atom stereocenters. The van der Waals surface area contributed by atoms with Crippen molar-refractivity contribution in [2.24, 2.45) is 0 Å². The van der Waals surface area contributed by atoms with Crippen LogP contribution in [0.2, 0.25) is 0 Å². The van der Waals surface area contributed by atoms with Crippen molar-refractivity contribution in [1.29, 1.82) is 0 Å². The maximum atomic E-state index is 13.3. The molecule has 1 aromatic carbocycles. The molecule has 0 amide bonds. The largest absolute Gasteiger partial charge is 0.372 e. The Morgan fingerprint density at radius 3 is 2.42 bits per heavy atom. The summed E-state index contributed by atoms with van der Waals surface area (Å²) in [4.78, 5) is 4.60. The third-order valence-corrected chi connectivity index (χ3v) is 4.97. The zero-order valence-corrected chi connectivity index (χ0v) is 13.5. The molecular formula is C15H22BrFN2. The highest BCUT2D eigenvalue weighted by Crippen LogP contribution is 2.38. The minimum Gasteiger partial charge on any atom is -0.372 e. The average molecular weight is 329 g/mol. The Bertz CT molecular complexity index is 444. The monoisotopic (exact) mass is 328 g/mol. The van der Waals surface area contributed by atoms with Gasteiger partial charge in [0.1, 0.15) is 5.82 Å². The topological polar surface area (TPSA) is 6.48 Å². The first-order valence-electron chi connectivity index (χ1n) is 6.71. The van der Waals surface area contributed by atoms with Crippen molar-refractivity contribution < 1.29 is 4.39 Å². The second kappa shape index (κ2) is 5.80. The summed E-state index contributed by atoms with van der Waals surface area (Å²) in [7, 11) is 6.41. The highest BCUT2D eigenvalue weighted by atomic mass is 79.9. The molecule has 0 atom stereocenters. The molecular weight excluding hydrogens is 307 g/mol. The van der Waals surface area contributed by atoms with E-state index in [-0.39, 0.29) is 11.4 Å². The number of nitrogens with zero attached hydrogens (tertiary/aromatic N) is 2. The molecule has 0 spiro atoms. The van der Waals surface area contributed by atoms with Gasteiger partial charge in [-0.25, -0.2) is 4.39 Å². The van der Waals surface area contributed by atoms with Gasteiger partial charge in [0.2, 0.25) is 0 Å². The zero-order valence-electron chi connectivity index (χ0n) is 11.9. The SMILES string of the molecule is CN(CC1(N(C)C)CCC1)c1ccc(F)cc1CBr. The number of rotatable bonds is 5. The smallest absolute Gasteiger partial charge is 0.123 e. The predicted molar refractivity (Wildman–Crippen MR) is 82.6 cm³/mol. The maximum absolute atomic E-state index is 13.3. The van der Waals surface area contributed by atoms with Crippen molar-refractivity contribution >= 4 is 21.6 Å². The van der Waals surface area contributed by atoms with Crippen molar-refractivity contribution in [3.05, 3.63) is 29.6 Å². The van der Waals surface area contributed by atoms with Crippen molar-refractivity contribution in [3.63, 3.8) is 0 Å². The molecule has 1 fully saturated rings. The van der Waals surface area contributed by atoms with Crippen LogP contribution in [0.25, 0.3) is 0 Å². The highest BCUT2D eigenvalue weighted by Gasteiger charge is 2.40. The lowest BCUT2D eigenvalue weighted by atomic mass is 9.75. The van der Waals surface area contributed by atoms with Gasteiger partial charge in [-0.1, -0.05) is 15.9 Å². The second-order valence-electron chi connectivity index (χ2n) is 5.74. The van der Waals surface area contributed by atoms with Gasteiger partial charge in [0.05, 0.1) is 0 Å². The van der Waals surface area contributed by atoms with Gasteiger partial charge in [-0.05, 0) is 57.1 Å². The molecule has 1 aliphatic carbocycles. The third-order valence-electron chi connectivity index (χ3n) is 4.36. The van der Waals surface area contributed by atoms with Crippen LogP contribution in [0.15, 0.2) is 18.2 Å². The number of hydrogen-bond acceptors (Lipinski definition) is 2. The Morgan fingerprint density at radius 1 is 1.26 bits per heavy atom. The highest BCUT2D eigenvalue weighted by molar-refractivity contribution is 9.08. The quantitative estimate of drug-likeness (QED) is 0.761. The van der Waals surface area contributed by atoms with Gasteiger partial charge in [0.15, 0.2) is 0 Å². The van der Waals surface area contributed by atoms with Crippen LogP contribution in [-0.4, -0.2) is 38.1 Å². The van der Waals surface area contributed by atoms with Crippen LogP contribution in [0.4, 0.5) is 10.1 Å². The summed E-state index contributed by atoms with van der Waals surface area (Å²) >= 11 is 3.45. The minimum absolute atomic E-state index is 0.169. The zero-order chi connectivity index (χ0) is 14.0. The first-order valence-corrected chi connectivity index (χ1v) is 7.84. The molecule has 0 aliphatic heterocycles. The lowest BCUT2D eigenvalue weighted by Gasteiger charge is -2.49. The van der Waals surface area contributed by atoms with Crippen LogP contribution >= 0.6 is 15.9 Å². The summed E-state index contributed by atoms with van der Waals surface area (Å²) in [5.41, 5.74) is 2.41. The molecule has 0 heterocycles. The lowest BCUT2D eigenvalue weighted by molar-refractivity contribution is 0.0683. The number of likely N-dealkylation sites (N-methyl/N-ethyl adjacent to an activating group) is 2. The first-order chi connectivity index (χ1) is 8.98. The van der Waals surface area contributed by atoms with Gasteiger partial charge in [-0.2, -0.15) is 0 Å². The molecule has 0 radical (unpaired) electrons. The first kappa shape index (κ1) is 14.8. The molecule has 106 valence electrons. The number of alkyl halides is 1. The van der Waals surface area contributed by atoms with Crippen LogP contribution < -0.4 is 4.90 Å². The molecule has 0 saturated heterocycles. The van der Waals surface area contributed by atoms with E-state index in [4.69, 9.17) is 0 Å². The molecule has 19 heavy (non-hydrogen) atoms. The molecule has 0 aromatic heterocycles. The molecule has 2 rings (SSSR count). The standard InChI is InChI=1S/C15H22BrFN2/c1-18(2)15(7-4-8-15)11-19(3)14-6-5-13(17)9-12(14)10-16/h5-6,9H,4,7-8,10-11H2,1-3H3. The Balaban J connectivity index is 2.18. The summed E-state index contributed by atoms with van der Waals surface area (Å²) in [5, 5.41) is 0.680. The van der Waals surface area contributed by atoms with Crippen LogP contribution in [-0.2, 0) is 5.33 Å². The van der Waals surface area contributed by atoms with E-state index < -0.39 is 0 Å². The Hall–Kier alpha value is -0.610. The van der Waals surface area contributed by atoms with E-state index in [1.165, 1.54) is 19.3 Å². The van der Waals surface area contributed by atoms with Crippen molar-refractivity contribution in [3.8, 4) is 0 Å². The number of hydrogen-bond donors (Lipinski definition) is 0. The van der Waals surface area contributed by atoms with E-state index in [2.05, 4.69) is 46.9 Å². The fourth-order valence-electron chi connectivity index (χ4n) is 2.89.